The largest absolute Gasteiger partial charge is 0.357 e. The number of fused-ring (bicyclic) bond motifs is 1. The number of aliphatic imine (C=N–C) groups is 1. The highest BCUT2D eigenvalue weighted by atomic mass is 79.9. The van der Waals surface area contributed by atoms with E-state index in [1.807, 2.05) is 28.9 Å². The van der Waals surface area contributed by atoms with Crippen LogP contribution in [0.4, 0.5) is 0 Å². The topological polar surface area (TPSA) is 53.7 Å². The summed E-state index contributed by atoms with van der Waals surface area (Å²) in [5.74, 6) is 0.794. The third-order valence-corrected chi connectivity index (χ3v) is 4.22. The summed E-state index contributed by atoms with van der Waals surface area (Å²) in [6.45, 7) is 6.25. The number of aryl methyl sites for hydroxylation is 1. The molecular formula is C19H22BrN5. The van der Waals surface area contributed by atoms with Crippen molar-refractivity contribution in [1.29, 1.82) is 0 Å². The molecule has 5 nitrogen and oxygen atoms in total. The Kier molecular flexibility index (Phi) is 5.71. The lowest BCUT2D eigenvalue weighted by atomic mass is 10.1. The molecule has 0 unspecified atom stereocenters. The summed E-state index contributed by atoms with van der Waals surface area (Å²) in [5.41, 5.74) is 4.36. The first-order valence-corrected chi connectivity index (χ1v) is 9.14. The van der Waals surface area contributed by atoms with Gasteiger partial charge in [0.25, 0.3) is 0 Å². The van der Waals surface area contributed by atoms with Crippen molar-refractivity contribution in [3.63, 3.8) is 0 Å². The minimum absolute atomic E-state index is 0.624. The fourth-order valence-electron chi connectivity index (χ4n) is 2.60. The molecule has 0 bridgehead atoms. The average molecular weight is 400 g/mol. The van der Waals surface area contributed by atoms with Crippen molar-refractivity contribution in [1.82, 2.24) is 20.0 Å². The van der Waals surface area contributed by atoms with Crippen molar-refractivity contribution in [3.8, 4) is 0 Å². The predicted octanol–water partition coefficient (Wildman–Crippen LogP) is 3.66. The molecule has 3 rings (SSSR count). The van der Waals surface area contributed by atoms with Crippen LogP contribution in [0.2, 0.25) is 0 Å². The summed E-state index contributed by atoms with van der Waals surface area (Å²) >= 11 is 3.48. The predicted molar refractivity (Wildman–Crippen MR) is 106 cm³/mol. The number of guanidine groups is 1. The van der Waals surface area contributed by atoms with Gasteiger partial charge >= 0.3 is 0 Å². The van der Waals surface area contributed by atoms with Crippen LogP contribution < -0.4 is 10.6 Å². The fourth-order valence-corrected chi connectivity index (χ4v) is 2.95. The highest BCUT2D eigenvalue weighted by Crippen LogP contribution is 2.12. The zero-order valence-corrected chi connectivity index (χ0v) is 16.0. The van der Waals surface area contributed by atoms with Gasteiger partial charge in [0.05, 0.1) is 18.8 Å². The Morgan fingerprint density at radius 2 is 2.08 bits per heavy atom. The molecule has 0 saturated heterocycles. The minimum atomic E-state index is 0.624. The number of pyridine rings is 1. The first-order valence-electron chi connectivity index (χ1n) is 8.35. The molecule has 0 aliphatic heterocycles. The molecule has 0 radical (unpaired) electrons. The van der Waals surface area contributed by atoms with E-state index in [4.69, 9.17) is 0 Å². The Bertz CT molecular complexity index is 884. The van der Waals surface area contributed by atoms with Crippen molar-refractivity contribution in [2.75, 3.05) is 6.54 Å². The van der Waals surface area contributed by atoms with Crippen LogP contribution in [0, 0.1) is 6.92 Å². The van der Waals surface area contributed by atoms with Crippen molar-refractivity contribution >= 4 is 27.5 Å². The summed E-state index contributed by atoms with van der Waals surface area (Å²) in [4.78, 5) is 9.27. The molecule has 2 aromatic heterocycles. The average Bonchev–Trinajstić information content (AvgIpc) is 2.99. The Labute approximate surface area is 156 Å². The first-order chi connectivity index (χ1) is 12.1. The molecule has 2 heterocycles. The van der Waals surface area contributed by atoms with Gasteiger partial charge in [-0.2, -0.15) is 0 Å². The fraction of sp³-hybridized carbons (Fsp3) is 0.263. The van der Waals surface area contributed by atoms with Gasteiger partial charge in [-0.3, -0.25) is 0 Å². The van der Waals surface area contributed by atoms with Crippen LogP contribution in [-0.2, 0) is 13.1 Å². The van der Waals surface area contributed by atoms with Gasteiger partial charge < -0.3 is 15.0 Å². The highest BCUT2D eigenvalue weighted by Gasteiger charge is 2.04. The molecule has 0 spiro atoms. The van der Waals surface area contributed by atoms with Crippen LogP contribution in [0.5, 0.6) is 0 Å². The number of nitrogens with one attached hydrogen (secondary N) is 2. The van der Waals surface area contributed by atoms with Crippen LogP contribution in [0.1, 0.15) is 23.7 Å². The molecule has 25 heavy (non-hydrogen) atoms. The van der Waals surface area contributed by atoms with Crippen molar-refractivity contribution in [3.05, 3.63) is 70.1 Å². The second-order valence-corrected chi connectivity index (χ2v) is 6.80. The lowest BCUT2D eigenvalue weighted by molar-refractivity contribution is 0.804. The van der Waals surface area contributed by atoms with Gasteiger partial charge in [0.2, 0.25) is 0 Å². The van der Waals surface area contributed by atoms with E-state index < -0.39 is 0 Å². The number of nitrogens with zero attached hydrogens (tertiary/aromatic N) is 3. The molecule has 130 valence electrons. The number of halogens is 1. The van der Waals surface area contributed by atoms with Gasteiger partial charge in [0.15, 0.2) is 5.96 Å². The smallest absolute Gasteiger partial charge is 0.191 e. The third kappa shape index (κ3) is 4.82. The molecule has 0 amide bonds. The number of aromatic nitrogens is 2. The summed E-state index contributed by atoms with van der Waals surface area (Å²) in [6.07, 6.45) is 4.03. The number of hydrogen-bond acceptors (Lipinski definition) is 2. The van der Waals surface area contributed by atoms with E-state index in [0.717, 1.165) is 28.3 Å². The molecule has 2 N–H and O–H groups in total. The summed E-state index contributed by atoms with van der Waals surface area (Å²) in [5, 5.41) is 6.63. The van der Waals surface area contributed by atoms with Gasteiger partial charge in [0.1, 0.15) is 5.65 Å². The van der Waals surface area contributed by atoms with Crippen LogP contribution in [0.15, 0.2) is 58.3 Å². The van der Waals surface area contributed by atoms with E-state index in [1.165, 1.54) is 11.1 Å². The zero-order chi connectivity index (χ0) is 17.6. The summed E-state index contributed by atoms with van der Waals surface area (Å²) in [6, 6.07) is 12.4. The quantitative estimate of drug-likeness (QED) is 0.508. The maximum absolute atomic E-state index is 4.66. The second-order valence-electron chi connectivity index (χ2n) is 5.88. The summed E-state index contributed by atoms with van der Waals surface area (Å²) < 4.78 is 3.04. The van der Waals surface area contributed by atoms with Gasteiger partial charge in [-0.05, 0) is 47.5 Å². The molecule has 0 aliphatic carbocycles. The van der Waals surface area contributed by atoms with E-state index in [2.05, 4.69) is 74.7 Å². The molecular weight excluding hydrogens is 378 g/mol. The van der Waals surface area contributed by atoms with E-state index in [9.17, 15) is 0 Å². The normalized spacial score (nSPS) is 11.7. The van der Waals surface area contributed by atoms with Gasteiger partial charge in [-0.1, -0.05) is 29.8 Å². The van der Waals surface area contributed by atoms with E-state index in [1.54, 1.807) is 0 Å². The van der Waals surface area contributed by atoms with Gasteiger partial charge in [-0.25, -0.2) is 9.98 Å². The Balaban J connectivity index is 1.67. The molecule has 0 aliphatic rings. The Hall–Kier alpha value is -2.34. The number of imidazole rings is 1. The number of hydrogen-bond donors (Lipinski definition) is 2. The van der Waals surface area contributed by atoms with Crippen molar-refractivity contribution in [2.45, 2.75) is 26.9 Å². The maximum atomic E-state index is 4.66. The molecule has 1 aromatic carbocycles. The van der Waals surface area contributed by atoms with E-state index in [-0.39, 0.29) is 0 Å². The van der Waals surface area contributed by atoms with Crippen molar-refractivity contribution < 1.29 is 0 Å². The molecule has 0 atom stereocenters. The molecule has 0 saturated carbocycles. The van der Waals surface area contributed by atoms with Crippen molar-refractivity contribution in [2.24, 2.45) is 4.99 Å². The molecule has 6 heteroatoms. The lowest BCUT2D eigenvalue weighted by Gasteiger charge is -2.10. The van der Waals surface area contributed by atoms with E-state index in [0.29, 0.717) is 13.1 Å². The van der Waals surface area contributed by atoms with E-state index >= 15 is 0 Å². The number of benzene rings is 1. The van der Waals surface area contributed by atoms with Crippen LogP contribution in [0.25, 0.3) is 5.65 Å². The minimum Gasteiger partial charge on any atom is -0.357 e. The maximum Gasteiger partial charge on any atom is 0.191 e. The zero-order valence-electron chi connectivity index (χ0n) is 14.5. The van der Waals surface area contributed by atoms with Gasteiger partial charge in [-0.15, -0.1) is 0 Å². The second kappa shape index (κ2) is 8.16. The van der Waals surface area contributed by atoms with Crippen LogP contribution in [0.3, 0.4) is 0 Å². The highest BCUT2D eigenvalue weighted by molar-refractivity contribution is 9.10. The summed E-state index contributed by atoms with van der Waals surface area (Å²) in [7, 11) is 0. The molecule has 3 aromatic rings. The lowest BCUT2D eigenvalue weighted by Crippen LogP contribution is -2.36. The number of rotatable bonds is 5. The SMILES string of the molecule is CCNC(=NCc1cccc(C)c1)NCc1cn2cc(Br)ccc2n1. The standard InChI is InChI=1S/C19H22BrN5/c1-3-21-19(22-10-15-6-4-5-14(2)9-15)23-11-17-13-25-12-16(20)7-8-18(25)24-17/h4-9,12-13H,3,10-11H2,1-2H3,(H2,21,22,23). The Morgan fingerprint density at radius 3 is 2.88 bits per heavy atom. The monoisotopic (exact) mass is 399 g/mol. The Morgan fingerprint density at radius 1 is 1.20 bits per heavy atom. The third-order valence-electron chi connectivity index (χ3n) is 3.75. The first kappa shape index (κ1) is 17.5. The van der Waals surface area contributed by atoms with Crippen LogP contribution in [-0.4, -0.2) is 21.9 Å². The van der Waals surface area contributed by atoms with Gasteiger partial charge in [0, 0.05) is 23.4 Å². The molecule has 0 fully saturated rings. The van der Waals surface area contributed by atoms with Crippen LogP contribution >= 0.6 is 15.9 Å².